The van der Waals surface area contributed by atoms with E-state index in [0.717, 1.165) is 12.5 Å². The van der Waals surface area contributed by atoms with Crippen molar-refractivity contribution in [3.8, 4) is 6.07 Å². The highest BCUT2D eigenvalue weighted by atomic mass is 19.4. The number of halogens is 3. The first-order valence-corrected chi connectivity index (χ1v) is 10.8. The minimum atomic E-state index is -4.64. The maximum Gasteiger partial charge on any atom is 0.417 e. The van der Waals surface area contributed by atoms with Gasteiger partial charge < -0.3 is 20.4 Å². The summed E-state index contributed by atoms with van der Waals surface area (Å²) in [6.45, 7) is 4.23. The first kappa shape index (κ1) is 23.7. The van der Waals surface area contributed by atoms with Crippen LogP contribution < -0.4 is 15.5 Å². The van der Waals surface area contributed by atoms with Crippen LogP contribution in [0.4, 0.5) is 23.7 Å². The smallest absolute Gasteiger partial charge is 0.370 e. The molecule has 0 aliphatic carbocycles. The third kappa shape index (κ3) is 4.61. The van der Waals surface area contributed by atoms with Gasteiger partial charge in [-0.2, -0.15) is 18.4 Å². The number of alkyl halides is 3. The van der Waals surface area contributed by atoms with Crippen molar-refractivity contribution in [3.05, 3.63) is 29.3 Å². The molecule has 10 heteroatoms. The normalized spacial score (nSPS) is 20.2. The van der Waals surface area contributed by atoms with Crippen LogP contribution in [0.25, 0.3) is 0 Å². The van der Waals surface area contributed by atoms with Gasteiger partial charge in [-0.05, 0) is 37.5 Å². The number of carbonyl (C=O) groups is 2. The molecule has 1 aromatic rings. The second-order valence-corrected chi connectivity index (χ2v) is 8.47. The standard InChI is InChI=1S/C22H28F3N5O2/c1-3-8-28-20(32)29-9-6-21(7-10-29)14-30(13-18(21)19(31)27-2)16-5-4-15(12-26)17(11-16)22(23,24)25/h4-5,11,18H,3,6-10,13-14H2,1-2H3,(H,27,31)(H,28,32). The van der Waals surface area contributed by atoms with E-state index < -0.39 is 28.6 Å². The maximum absolute atomic E-state index is 13.4. The number of nitrogens with zero attached hydrogens (tertiary/aromatic N) is 3. The van der Waals surface area contributed by atoms with Gasteiger partial charge in [0, 0.05) is 50.9 Å². The fraction of sp³-hybridized carbons (Fsp3) is 0.591. The molecule has 1 aromatic carbocycles. The second-order valence-electron chi connectivity index (χ2n) is 8.47. The molecule has 1 spiro atoms. The summed E-state index contributed by atoms with van der Waals surface area (Å²) in [5, 5.41) is 14.6. The number of hydrogen-bond donors (Lipinski definition) is 2. The molecule has 0 radical (unpaired) electrons. The van der Waals surface area contributed by atoms with Gasteiger partial charge in [0.1, 0.15) is 0 Å². The summed E-state index contributed by atoms with van der Waals surface area (Å²) in [6, 6.07) is 5.14. The van der Waals surface area contributed by atoms with Crippen LogP contribution in [-0.2, 0) is 11.0 Å². The summed E-state index contributed by atoms with van der Waals surface area (Å²) in [5.41, 5.74) is -1.50. The summed E-state index contributed by atoms with van der Waals surface area (Å²) < 4.78 is 40.3. The van der Waals surface area contributed by atoms with E-state index in [-0.39, 0.29) is 18.5 Å². The van der Waals surface area contributed by atoms with Crippen LogP contribution in [0, 0.1) is 22.7 Å². The molecule has 0 aromatic heterocycles. The van der Waals surface area contributed by atoms with Crippen molar-refractivity contribution in [2.45, 2.75) is 32.4 Å². The predicted molar refractivity (Wildman–Crippen MR) is 113 cm³/mol. The van der Waals surface area contributed by atoms with Crippen LogP contribution in [0.1, 0.15) is 37.3 Å². The molecule has 2 heterocycles. The molecule has 174 valence electrons. The number of rotatable bonds is 4. The highest BCUT2D eigenvalue weighted by Gasteiger charge is 2.51. The highest BCUT2D eigenvalue weighted by Crippen LogP contribution is 2.47. The van der Waals surface area contributed by atoms with Crippen LogP contribution >= 0.6 is 0 Å². The minimum Gasteiger partial charge on any atom is -0.370 e. The molecule has 0 bridgehead atoms. The van der Waals surface area contributed by atoms with Crippen molar-refractivity contribution in [1.29, 1.82) is 5.26 Å². The van der Waals surface area contributed by atoms with Crippen LogP contribution in [0.3, 0.4) is 0 Å². The second kappa shape index (κ2) is 9.27. The third-order valence-corrected chi connectivity index (χ3v) is 6.58. The molecule has 32 heavy (non-hydrogen) atoms. The predicted octanol–water partition coefficient (Wildman–Crippen LogP) is 2.96. The molecule has 1 unspecified atom stereocenters. The Labute approximate surface area is 185 Å². The van der Waals surface area contributed by atoms with Crippen molar-refractivity contribution < 1.29 is 22.8 Å². The number of amides is 3. The fourth-order valence-electron chi connectivity index (χ4n) is 4.77. The molecule has 7 nitrogen and oxygen atoms in total. The topological polar surface area (TPSA) is 88.5 Å². The fourth-order valence-corrected chi connectivity index (χ4v) is 4.77. The van der Waals surface area contributed by atoms with Gasteiger partial charge in [-0.1, -0.05) is 6.92 Å². The average Bonchev–Trinajstić information content (AvgIpc) is 3.15. The lowest BCUT2D eigenvalue weighted by Gasteiger charge is -2.41. The quantitative estimate of drug-likeness (QED) is 0.737. The van der Waals surface area contributed by atoms with Crippen molar-refractivity contribution >= 4 is 17.6 Å². The molecular formula is C22H28F3N5O2. The summed E-state index contributed by atoms with van der Waals surface area (Å²) in [4.78, 5) is 28.5. The maximum atomic E-state index is 13.4. The van der Waals surface area contributed by atoms with Gasteiger partial charge in [-0.3, -0.25) is 4.79 Å². The van der Waals surface area contributed by atoms with E-state index in [9.17, 15) is 22.8 Å². The van der Waals surface area contributed by atoms with E-state index in [2.05, 4.69) is 10.6 Å². The van der Waals surface area contributed by atoms with Gasteiger partial charge in [0.15, 0.2) is 0 Å². The Morgan fingerprint density at radius 2 is 1.97 bits per heavy atom. The number of piperidine rings is 1. The number of anilines is 1. The van der Waals surface area contributed by atoms with Crippen molar-refractivity contribution in [1.82, 2.24) is 15.5 Å². The number of carbonyl (C=O) groups excluding carboxylic acids is 2. The lowest BCUT2D eigenvalue weighted by Crippen LogP contribution is -2.51. The van der Waals surface area contributed by atoms with Gasteiger partial charge in [0.05, 0.1) is 23.1 Å². The zero-order valence-electron chi connectivity index (χ0n) is 18.3. The van der Waals surface area contributed by atoms with Gasteiger partial charge in [-0.15, -0.1) is 0 Å². The Hall–Kier alpha value is -2.96. The molecule has 3 rings (SSSR count). The van der Waals surface area contributed by atoms with Crippen LogP contribution in [0.2, 0.25) is 0 Å². The lowest BCUT2D eigenvalue weighted by atomic mass is 9.70. The molecule has 1 atom stereocenters. The molecule has 3 amide bonds. The van der Waals surface area contributed by atoms with E-state index >= 15 is 0 Å². The highest BCUT2D eigenvalue weighted by molar-refractivity contribution is 5.81. The van der Waals surface area contributed by atoms with E-state index in [1.165, 1.54) is 12.1 Å². The van der Waals surface area contributed by atoms with E-state index in [0.29, 0.717) is 44.7 Å². The average molecular weight is 451 g/mol. The minimum absolute atomic E-state index is 0.130. The lowest BCUT2D eigenvalue weighted by molar-refractivity contribution is -0.137. The zero-order valence-corrected chi connectivity index (χ0v) is 18.3. The Morgan fingerprint density at radius 1 is 1.28 bits per heavy atom. The summed E-state index contributed by atoms with van der Waals surface area (Å²) in [7, 11) is 1.55. The summed E-state index contributed by atoms with van der Waals surface area (Å²) in [5.74, 6) is -0.556. The largest absolute Gasteiger partial charge is 0.417 e. The van der Waals surface area contributed by atoms with Crippen LogP contribution in [0.5, 0.6) is 0 Å². The Morgan fingerprint density at radius 3 is 2.53 bits per heavy atom. The van der Waals surface area contributed by atoms with Crippen molar-refractivity contribution in [3.63, 3.8) is 0 Å². The van der Waals surface area contributed by atoms with E-state index in [1.54, 1.807) is 22.9 Å². The van der Waals surface area contributed by atoms with Gasteiger partial charge >= 0.3 is 12.2 Å². The number of urea groups is 1. The zero-order chi connectivity index (χ0) is 23.5. The summed E-state index contributed by atoms with van der Waals surface area (Å²) >= 11 is 0. The first-order chi connectivity index (χ1) is 15.1. The molecule has 2 fully saturated rings. The molecule has 2 saturated heterocycles. The van der Waals surface area contributed by atoms with Crippen LogP contribution in [0.15, 0.2) is 18.2 Å². The molecule has 2 aliphatic rings. The monoisotopic (exact) mass is 451 g/mol. The van der Waals surface area contributed by atoms with Gasteiger partial charge in [-0.25, -0.2) is 4.79 Å². The first-order valence-electron chi connectivity index (χ1n) is 10.8. The van der Waals surface area contributed by atoms with Gasteiger partial charge in [0.2, 0.25) is 5.91 Å². The number of nitriles is 1. The Bertz CT molecular complexity index is 904. The Balaban J connectivity index is 1.84. The number of nitrogens with one attached hydrogen (secondary N) is 2. The van der Waals surface area contributed by atoms with Gasteiger partial charge in [0.25, 0.3) is 0 Å². The van der Waals surface area contributed by atoms with E-state index in [1.807, 2.05) is 6.92 Å². The van der Waals surface area contributed by atoms with E-state index in [4.69, 9.17) is 5.26 Å². The molecule has 2 N–H and O–H groups in total. The van der Waals surface area contributed by atoms with Crippen molar-refractivity contribution in [2.75, 3.05) is 44.7 Å². The SMILES string of the molecule is CCCNC(=O)N1CCC2(CC1)CN(c1ccc(C#N)c(C(F)(F)F)c1)CC2C(=O)NC. The number of benzene rings is 1. The third-order valence-electron chi connectivity index (χ3n) is 6.58. The number of hydrogen-bond acceptors (Lipinski definition) is 4. The molecule has 2 aliphatic heterocycles. The summed E-state index contributed by atoms with van der Waals surface area (Å²) in [6.07, 6.45) is -2.63. The van der Waals surface area contributed by atoms with Crippen LogP contribution in [-0.4, -0.2) is 56.6 Å². The molecule has 0 saturated carbocycles. The number of likely N-dealkylation sites (tertiary alicyclic amines) is 1. The van der Waals surface area contributed by atoms with Crippen molar-refractivity contribution in [2.24, 2.45) is 11.3 Å². The molecular weight excluding hydrogens is 423 g/mol. The Kier molecular flexibility index (Phi) is 6.86.